The Balaban J connectivity index is 2.48. The minimum absolute atomic E-state index is 0.0121. The van der Waals surface area contributed by atoms with Gasteiger partial charge in [-0.2, -0.15) is 0 Å². The molecule has 1 aromatic rings. The first-order valence-electron chi connectivity index (χ1n) is 6.30. The highest BCUT2D eigenvalue weighted by Gasteiger charge is 2.23. The van der Waals surface area contributed by atoms with Crippen LogP contribution >= 0.6 is 0 Å². The van der Waals surface area contributed by atoms with Crippen molar-refractivity contribution in [3.8, 4) is 0 Å². The predicted octanol–water partition coefficient (Wildman–Crippen LogP) is 1.71. The van der Waals surface area contributed by atoms with Gasteiger partial charge in [-0.15, -0.1) is 0 Å². The van der Waals surface area contributed by atoms with Gasteiger partial charge in [-0.1, -0.05) is 26.8 Å². The van der Waals surface area contributed by atoms with Gasteiger partial charge < -0.3 is 11.1 Å². The van der Waals surface area contributed by atoms with Gasteiger partial charge in [0.05, 0.1) is 18.2 Å². The molecule has 1 rings (SSSR count). The average molecular weight is 249 g/mol. The summed E-state index contributed by atoms with van der Waals surface area (Å²) in [7, 11) is 0. The normalized spacial score (nSPS) is 13.1. The maximum Gasteiger partial charge on any atom is 0.224 e. The Labute approximate surface area is 109 Å². The summed E-state index contributed by atoms with van der Waals surface area (Å²) in [5.41, 5.74) is 6.64. The summed E-state index contributed by atoms with van der Waals surface area (Å²) < 4.78 is 0. The summed E-state index contributed by atoms with van der Waals surface area (Å²) in [6.07, 6.45) is 2.51. The molecule has 0 saturated carbocycles. The molecule has 0 aromatic carbocycles. The van der Waals surface area contributed by atoms with Gasteiger partial charge in [-0.3, -0.25) is 9.78 Å². The van der Waals surface area contributed by atoms with Gasteiger partial charge in [0.15, 0.2) is 0 Å². The second kappa shape index (κ2) is 6.50. The van der Waals surface area contributed by atoms with Crippen LogP contribution in [0.2, 0.25) is 0 Å². The van der Waals surface area contributed by atoms with Gasteiger partial charge in [0, 0.05) is 12.7 Å². The summed E-state index contributed by atoms with van der Waals surface area (Å²) in [6.45, 7) is 7.18. The van der Waals surface area contributed by atoms with Crippen molar-refractivity contribution in [2.45, 2.75) is 33.7 Å². The van der Waals surface area contributed by atoms with Crippen molar-refractivity contribution in [3.05, 3.63) is 30.1 Å². The third-order valence-electron chi connectivity index (χ3n) is 2.68. The van der Waals surface area contributed by atoms with Gasteiger partial charge in [-0.25, -0.2) is 0 Å². The molecule has 0 saturated heterocycles. The number of aromatic nitrogens is 1. The number of hydrogen-bond donors (Lipinski definition) is 2. The second-order valence-electron chi connectivity index (χ2n) is 5.74. The molecule has 1 aromatic heterocycles. The fourth-order valence-corrected chi connectivity index (χ4v) is 1.85. The van der Waals surface area contributed by atoms with Gasteiger partial charge >= 0.3 is 0 Å². The average Bonchev–Trinajstić information content (AvgIpc) is 2.33. The highest BCUT2D eigenvalue weighted by Crippen LogP contribution is 2.23. The Bertz CT molecular complexity index is 370. The lowest BCUT2D eigenvalue weighted by Gasteiger charge is -2.24. The van der Waals surface area contributed by atoms with Crippen LogP contribution in [-0.2, 0) is 11.3 Å². The van der Waals surface area contributed by atoms with Crippen LogP contribution in [0.15, 0.2) is 24.4 Å². The van der Waals surface area contributed by atoms with Crippen molar-refractivity contribution < 1.29 is 4.79 Å². The molecule has 0 bridgehead atoms. The van der Waals surface area contributed by atoms with E-state index in [9.17, 15) is 4.79 Å². The third-order valence-corrected chi connectivity index (χ3v) is 2.68. The Hall–Kier alpha value is -1.42. The van der Waals surface area contributed by atoms with Gasteiger partial charge in [0.25, 0.3) is 0 Å². The molecular weight excluding hydrogens is 226 g/mol. The molecule has 0 radical (unpaired) electrons. The topological polar surface area (TPSA) is 68.0 Å². The maximum atomic E-state index is 12.0. The number of pyridine rings is 1. The van der Waals surface area contributed by atoms with E-state index in [1.54, 1.807) is 6.20 Å². The van der Waals surface area contributed by atoms with E-state index in [2.05, 4.69) is 31.1 Å². The Morgan fingerprint density at radius 3 is 2.67 bits per heavy atom. The van der Waals surface area contributed by atoms with Crippen LogP contribution in [0.25, 0.3) is 0 Å². The predicted molar refractivity (Wildman–Crippen MR) is 72.7 cm³/mol. The van der Waals surface area contributed by atoms with Crippen molar-refractivity contribution in [2.75, 3.05) is 6.54 Å². The zero-order valence-electron chi connectivity index (χ0n) is 11.4. The smallest absolute Gasteiger partial charge is 0.224 e. The molecule has 3 N–H and O–H groups in total. The standard InChI is InChI=1S/C14H23N3O/c1-14(2,3)8-11(9-15)13(18)17-10-12-6-4-5-7-16-12/h4-7,11H,8-10,15H2,1-3H3,(H,17,18). The Morgan fingerprint density at radius 1 is 1.44 bits per heavy atom. The van der Waals surface area contributed by atoms with Crippen molar-refractivity contribution in [2.24, 2.45) is 17.1 Å². The summed E-state index contributed by atoms with van der Waals surface area (Å²) in [4.78, 5) is 16.2. The van der Waals surface area contributed by atoms with Gasteiger partial charge in [0.2, 0.25) is 5.91 Å². The number of nitrogens with zero attached hydrogens (tertiary/aromatic N) is 1. The Morgan fingerprint density at radius 2 is 2.17 bits per heavy atom. The Kier molecular flexibility index (Phi) is 5.28. The van der Waals surface area contributed by atoms with Crippen molar-refractivity contribution in [1.82, 2.24) is 10.3 Å². The van der Waals surface area contributed by atoms with Crippen LogP contribution in [0.5, 0.6) is 0 Å². The van der Waals surface area contributed by atoms with E-state index < -0.39 is 0 Å². The lowest BCUT2D eigenvalue weighted by atomic mass is 9.84. The van der Waals surface area contributed by atoms with Crippen molar-refractivity contribution in [1.29, 1.82) is 0 Å². The molecule has 0 aliphatic heterocycles. The first-order valence-corrected chi connectivity index (χ1v) is 6.30. The summed E-state index contributed by atoms with van der Waals surface area (Å²) in [5, 5.41) is 2.89. The number of carbonyl (C=O) groups is 1. The van der Waals surface area contributed by atoms with Gasteiger partial charge in [0.1, 0.15) is 0 Å². The quantitative estimate of drug-likeness (QED) is 0.834. The molecule has 100 valence electrons. The maximum absolute atomic E-state index is 12.0. The third kappa shape index (κ3) is 5.27. The number of nitrogens with one attached hydrogen (secondary N) is 1. The first-order chi connectivity index (χ1) is 8.42. The molecule has 0 fully saturated rings. The number of carbonyl (C=O) groups excluding carboxylic acids is 1. The molecule has 0 aliphatic carbocycles. The van der Waals surface area contributed by atoms with E-state index in [-0.39, 0.29) is 17.2 Å². The highest BCUT2D eigenvalue weighted by atomic mass is 16.1. The lowest BCUT2D eigenvalue weighted by molar-refractivity contribution is -0.125. The van der Waals surface area contributed by atoms with E-state index in [1.165, 1.54) is 0 Å². The minimum Gasteiger partial charge on any atom is -0.350 e. The number of amides is 1. The molecule has 0 aliphatic rings. The van der Waals surface area contributed by atoms with Crippen molar-refractivity contribution >= 4 is 5.91 Å². The van der Waals surface area contributed by atoms with Crippen LogP contribution < -0.4 is 11.1 Å². The van der Waals surface area contributed by atoms with E-state index in [0.29, 0.717) is 13.1 Å². The summed E-state index contributed by atoms with van der Waals surface area (Å²) >= 11 is 0. The van der Waals surface area contributed by atoms with Crippen LogP contribution in [-0.4, -0.2) is 17.4 Å². The zero-order valence-corrected chi connectivity index (χ0v) is 11.4. The van der Waals surface area contributed by atoms with E-state index in [1.807, 2.05) is 18.2 Å². The molecule has 1 atom stereocenters. The SMILES string of the molecule is CC(C)(C)CC(CN)C(=O)NCc1ccccn1. The summed E-state index contributed by atoms with van der Waals surface area (Å²) in [5.74, 6) is -0.119. The number of rotatable bonds is 5. The van der Waals surface area contributed by atoms with E-state index in [4.69, 9.17) is 5.73 Å². The molecule has 1 heterocycles. The monoisotopic (exact) mass is 249 g/mol. The number of hydrogen-bond acceptors (Lipinski definition) is 3. The molecular formula is C14H23N3O. The van der Waals surface area contributed by atoms with Crippen LogP contribution in [0.3, 0.4) is 0 Å². The van der Waals surface area contributed by atoms with Crippen molar-refractivity contribution in [3.63, 3.8) is 0 Å². The van der Waals surface area contributed by atoms with E-state index >= 15 is 0 Å². The highest BCUT2D eigenvalue weighted by molar-refractivity contribution is 5.78. The molecule has 1 unspecified atom stereocenters. The largest absolute Gasteiger partial charge is 0.350 e. The first kappa shape index (κ1) is 14.6. The fourth-order valence-electron chi connectivity index (χ4n) is 1.85. The molecule has 4 nitrogen and oxygen atoms in total. The second-order valence-corrected chi connectivity index (χ2v) is 5.74. The number of nitrogens with two attached hydrogens (primary N) is 1. The van der Waals surface area contributed by atoms with Crippen LogP contribution in [0.1, 0.15) is 32.9 Å². The summed E-state index contributed by atoms with van der Waals surface area (Å²) in [6, 6.07) is 5.65. The fraction of sp³-hybridized carbons (Fsp3) is 0.571. The molecule has 1 amide bonds. The van der Waals surface area contributed by atoms with Crippen LogP contribution in [0, 0.1) is 11.3 Å². The van der Waals surface area contributed by atoms with E-state index in [0.717, 1.165) is 12.1 Å². The lowest BCUT2D eigenvalue weighted by Crippen LogP contribution is -2.37. The minimum atomic E-state index is -0.131. The molecule has 0 spiro atoms. The molecule has 4 heteroatoms. The molecule has 18 heavy (non-hydrogen) atoms. The van der Waals surface area contributed by atoms with Gasteiger partial charge in [-0.05, 0) is 24.0 Å². The van der Waals surface area contributed by atoms with Crippen LogP contribution in [0.4, 0.5) is 0 Å². The zero-order chi connectivity index (χ0) is 13.6.